The molecule has 0 aliphatic carbocycles. The van der Waals surface area contributed by atoms with Gasteiger partial charge in [0.1, 0.15) is 11.3 Å². The number of benzene rings is 1. The molecule has 3 rings (SSSR count). The summed E-state index contributed by atoms with van der Waals surface area (Å²) < 4.78 is 1.85. The zero-order chi connectivity index (χ0) is 17.1. The van der Waals surface area contributed by atoms with E-state index in [9.17, 15) is 4.79 Å². The maximum absolute atomic E-state index is 12.4. The molecule has 0 radical (unpaired) electrons. The molecular formula is C19H22N4O. The number of anilines is 2. The minimum Gasteiger partial charge on any atom is -0.372 e. The second kappa shape index (κ2) is 6.74. The number of pyridine rings is 1. The van der Waals surface area contributed by atoms with Gasteiger partial charge in [-0.3, -0.25) is 4.79 Å². The van der Waals surface area contributed by atoms with E-state index in [1.807, 2.05) is 53.9 Å². The molecule has 0 unspecified atom stereocenters. The largest absolute Gasteiger partial charge is 0.372 e. The van der Waals surface area contributed by atoms with E-state index in [-0.39, 0.29) is 5.91 Å². The Morgan fingerprint density at radius 2 is 1.88 bits per heavy atom. The number of rotatable bonds is 5. The summed E-state index contributed by atoms with van der Waals surface area (Å²) in [5.74, 6) is -0.202. The SMILES string of the molecule is CCN(CC)c1ccc(NC(=O)c2cn3ccc(C)cc3n2)cc1. The molecular weight excluding hydrogens is 300 g/mol. The third-order valence-corrected chi connectivity index (χ3v) is 4.10. The minimum atomic E-state index is -0.202. The maximum atomic E-state index is 12.4. The fourth-order valence-corrected chi connectivity index (χ4v) is 2.73. The Morgan fingerprint density at radius 1 is 1.17 bits per heavy atom. The lowest BCUT2D eigenvalue weighted by atomic mass is 10.2. The lowest BCUT2D eigenvalue weighted by Gasteiger charge is -2.21. The average molecular weight is 322 g/mol. The summed E-state index contributed by atoms with van der Waals surface area (Å²) in [7, 11) is 0. The lowest BCUT2D eigenvalue weighted by molar-refractivity contribution is 0.102. The third kappa shape index (κ3) is 3.25. The predicted molar refractivity (Wildman–Crippen MR) is 97.9 cm³/mol. The van der Waals surface area contributed by atoms with Gasteiger partial charge in [-0.25, -0.2) is 4.98 Å². The van der Waals surface area contributed by atoms with E-state index >= 15 is 0 Å². The van der Waals surface area contributed by atoms with E-state index in [0.29, 0.717) is 5.69 Å². The van der Waals surface area contributed by atoms with Gasteiger partial charge in [0, 0.05) is 36.9 Å². The first-order chi connectivity index (χ1) is 11.6. The van der Waals surface area contributed by atoms with Gasteiger partial charge in [-0.05, 0) is 62.7 Å². The van der Waals surface area contributed by atoms with Crippen LogP contribution in [0.25, 0.3) is 5.65 Å². The number of carbonyl (C=O) groups excluding carboxylic acids is 1. The Balaban J connectivity index is 1.76. The van der Waals surface area contributed by atoms with Crippen molar-refractivity contribution in [3.05, 3.63) is 60.0 Å². The highest BCUT2D eigenvalue weighted by Gasteiger charge is 2.11. The van der Waals surface area contributed by atoms with Crippen LogP contribution in [0.2, 0.25) is 0 Å². The highest BCUT2D eigenvalue weighted by atomic mass is 16.1. The number of fused-ring (bicyclic) bond motifs is 1. The van der Waals surface area contributed by atoms with Gasteiger partial charge in [-0.1, -0.05) is 0 Å². The van der Waals surface area contributed by atoms with Crippen LogP contribution in [0.1, 0.15) is 29.9 Å². The monoisotopic (exact) mass is 322 g/mol. The molecule has 0 atom stereocenters. The number of aromatic nitrogens is 2. The molecule has 1 N–H and O–H groups in total. The molecule has 0 aliphatic rings. The molecule has 124 valence electrons. The van der Waals surface area contributed by atoms with Crippen molar-refractivity contribution in [2.75, 3.05) is 23.3 Å². The van der Waals surface area contributed by atoms with Crippen LogP contribution >= 0.6 is 0 Å². The molecule has 2 aromatic heterocycles. The second-order valence-corrected chi connectivity index (χ2v) is 5.77. The molecule has 0 bridgehead atoms. The van der Waals surface area contributed by atoms with Crippen LogP contribution in [-0.2, 0) is 0 Å². The highest BCUT2D eigenvalue weighted by molar-refractivity contribution is 6.03. The van der Waals surface area contributed by atoms with Gasteiger partial charge < -0.3 is 14.6 Å². The Bertz CT molecular complexity index is 847. The van der Waals surface area contributed by atoms with Gasteiger partial charge in [0.15, 0.2) is 0 Å². The molecule has 1 amide bonds. The predicted octanol–water partition coefficient (Wildman–Crippen LogP) is 3.74. The number of imidazole rings is 1. The molecule has 1 aromatic carbocycles. The van der Waals surface area contributed by atoms with E-state index in [1.165, 1.54) is 0 Å². The molecule has 0 fully saturated rings. The van der Waals surface area contributed by atoms with Crippen molar-refractivity contribution in [1.29, 1.82) is 0 Å². The van der Waals surface area contributed by atoms with Gasteiger partial charge in [-0.15, -0.1) is 0 Å². The highest BCUT2D eigenvalue weighted by Crippen LogP contribution is 2.18. The molecule has 5 nitrogen and oxygen atoms in total. The number of nitrogens with one attached hydrogen (secondary N) is 1. The topological polar surface area (TPSA) is 49.6 Å². The molecule has 0 spiro atoms. The van der Waals surface area contributed by atoms with Crippen LogP contribution in [0.3, 0.4) is 0 Å². The fourth-order valence-electron chi connectivity index (χ4n) is 2.73. The number of amides is 1. The van der Waals surface area contributed by atoms with Crippen molar-refractivity contribution in [2.24, 2.45) is 0 Å². The number of carbonyl (C=O) groups is 1. The smallest absolute Gasteiger partial charge is 0.275 e. The van der Waals surface area contributed by atoms with Crippen LogP contribution in [0, 0.1) is 6.92 Å². The maximum Gasteiger partial charge on any atom is 0.275 e. The molecule has 2 heterocycles. The van der Waals surface area contributed by atoms with E-state index in [1.54, 1.807) is 6.20 Å². The molecule has 5 heteroatoms. The van der Waals surface area contributed by atoms with E-state index in [0.717, 1.165) is 35.7 Å². The van der Waals surface area contributed by atoms with Crippen molar-refractivity contribution in [3.63, 3.8) is 0 Å². The van der Waals surface area contributed by atoms with Crippen LogP contribution in [0.15, 0.2) is 48.8 Å². The summed E-state index contributed by atoms with van der Waals surface area (Å²) in [6.07, 6.45) is 3.65. The van der Waals surface area contributed by atoms with Crippen LogP contribution in [-0.4, -0.2) is 28.4 Å². The molecule has 0 saturated heterocycles. The van der Waals surface area contributed by atoms with Gasteiger partial charge in [0.25, 0.3) is 5.91 Å². The molecule has 0 saturated carbocycles. The van der Waals surface area contributed by atoms with Crippen LogP contribution in [0.5, 0.6) is 0 Å². The molecule has 24 heavy (non-hydrogen) atoms. The zero-order valence-electron chi connectivity index (χ0n) is 14.3. The Morgan fingerprint density at radius 3 is 2.54 bits per heavy atom. The molecule has 0 aliphatic heterocycles. The van der Waals surface area contributed by atoms with Gasteiger partial charge in [0.2, 0.25) is 0 Å². The Labute approximate surface area is 141 Å². The van der Waals surface area contributed by atoms with Crippen molar-refractivity contribution in [2.45, 2.75) is 20.8 Å². The number of nitrogens with zero attached hydrogens (tertiary/aromatic N) is 3. The lowest BCUT2D eigenvalue weighted by Crippen LogP contribution is -2.21. The van der Waals surface area contributed by atoms with Crippen LogP contribution < -0.4 is 10.2 Å². The van der Waals surface area contributed by atoms with Crippen molar-refractivity contribution in [3.8, 4) is 0 Å². The van der Waals surface area contributed by atoms with Gasteiger partial charge in [0.05, 0.1) is 0 Å². The van der Waals surface area contributed by atoms with E-state index < -0.39 is 0 Å². The van der Waals surface area contributed by atoms with Gasteiger partial charge >= 0.3 is 0 Å². The third-order valence-electron chi connectivity index (χ3n) is 4.10. The Hall–Kier alpha value is -2.82. The van der Waals surface area contributed by atoms with E-state index in [2.05, 4.69) is 29.0 Å². The number of aryl methyl sites for hydroxylation is 1. The summed E-state index contributed by atoms with van der Waals surface area (Å²) in [6.45, 7) is 8.19. The summed E-state index contributed by atoms with van der Waals surface area (Å²) in [6, 6.07) is 11.8. The minimum absolute atomic E-state index is 0.202. The standard InChI is InChI=1S/C19H22N4O/c1-4-22(5-2)16-8-6-15(7-9-16)20-19(24)17-13-23-11-10-14(3)12-18(23)21-17/h6-13H,4-5H2,1-3H3,(H,20,24). The van der Waals surface area contributed by atoms with Gasteiger partial charge in [-0.2, -0.15) is 0 Å². The van der Waals surface area contributed by atoms with E-state index in [4.69, 9.17) is 0 Å². The van der Waals surface area contributed by atoms with Crippen molar-refractivity contribution in [1.82, 2.24) is 9.38 Å². The first-order valence-electron chi connectivity index (χ1n) is 8.22. The number of hydrogen-bond donors (Lipinski definition) is 1. The summed E-state index contributed by atoms with van der Waals surface area (Å²) in [5, 5.41) is 2.90. The normalized spacial score (nSPS) is 10.8. The number of hydrogen-bond acceptors (Lipinski definition) is 3. The summed E-state index contributed by atoms with van der Waals surface area (Å²) in [4.78, 5) is 19.0. The second-order valence-electron chi connectivity index (χ2n) is 5.77. The van der Waals surface area contributed by atoms with Crippen molar-refractivity contribution < 1.29 is 4.79 Å². The van der Waals surface area contributed by atoms with Crippen LogP contribution in [0.4, 0.5) is 11.4 Å². The average Bonchev–Trinajstić information content (AvgIpc) is 3.00. The summed E-state index contributed by atoms with van der Waals surface area (Å²) in [5.41, 5.74) is 4.22. The zero-order valence-corrected chi connectivity index (χ0v) is 14.3. The Kier molecular flexibility index (Phi) is 4.51. The first-order valence-corrected chi connectivity index (χ1v) is 8.22. The quantitative estimate of drug-likeness (QED) is 0.778. The molecule has 3 aromatic rings. The van der Waals surface area contributed by atoms with Crippen molar-refractivity contribution >= 4 is 22.9 Å². The fraction of sp³-hybridized carbons (Fsp3) is 0.263. The first kappa shape index (κ1) is 16.1. The summed E-state index contributed by atoms with van der Waals surface area (Å²) >= 11 is 0.